The number of nitrogens with one attached hydrogen (secondary N) is 1. The first-order chi connectivity index (χ1) is 13.6. The molecule has 2 aromatic carbocycles. The Morgan fingerprint density at radius 1 is 1.11 bits per heavy atom. The van der Waals surface area contributed by atoms with Crippen LogP contribution in [0.2, 0.25) is 0 Å². The topological polar surface area (TPSA) is 50.2 Å². The summed E-state index contributed by atoms with van der Waals surface area (Å²) < 4.78 is 2.02. The van der Waals surface area contributed by atoms with Crippen molar-refractivity contribution in [3.63, 3.8) is 0 Å². The Bertz CT molecular complexity index is 1070. The Kier molecular flexibility index (Phi) is 5.23. The van der Waals surface area contributed by atoms with Crippen molar-refractivity contribution < 1.29 is 4.79 Å². The van der Waals surface area contributed by atoms with Gasteiger partial charge >= 0.3 is 0 Å². The number of benzene rings is 2. The molecule has 0 aliphatic carbocycles. The summed E-state index contributed by atoms with van der Waals surface area (Å²) in [6.45, 7) is 0.570. The minimum absolute atomic E-state index is 0.0644. The molecule has 6 heteroatoms. The smallest absolute Gasteiger partial charge is 0.251 e. The quantitative estimate of drug-likeness (QED) is 0.539. The van der Waals surface area contributed by atoms with Gasteiger partial charge in [0.2, 0.25) is 0 Å². The van der Waals surface area contributed by atoms with E-state index in [1.165, 1.54) is 4.88 Å². The van der Waals surface area contributed by atoms with Gasteiger partial charge in [-0.05, 0) is 61.9 Å². The number of hydrogen-bond donors (Lipinski definition) is 1. The Morgan fingerprint density at radius 2 is 1.89 bits per heavy atom. The number of nitrogens with zero attached hydrogens (tertiary/aromatic N) is 3. The van der Waals surface area contributed by atoms with E-state index in [1.807, 2.05) is 79.6 Å². The van der Waals surface area contributed by atoms with Crippen LogP contribution in [0.4, 0.5) is 0 Å². The molecular formula is C22H22N4OS. The summed E-state index contributed by atoms with van der Waals surface area (Å²) in [7, 11) is 4.06. The van der Waals surface area contributed by atoms with E-state index in [-0.39, 0.29) is 11.9 Å². The molecule has 2 aromatic heterocycles. The Labute approximate surface area is 168 Å². The summed E-state index contributed by atoms with van der Waals surface area (Å²) >= 11 is 1.71. The lowest BCUT2D eigenvalue weighted by molar-refractivity contribution is 0.0942. The molecule has 28 heavy (non-hydrogen) atoms. The fourth-order valence-corrected chi connectivity index (χ4v) is 4.17. The molecule has 0 radical (unpaired) electrons. The third kappa shape index (κ3) is 3.69. The summed E-state index contributed by atoms with van der Waals surface area (Å²) in [5.74, 6) is -0.0644. The van der Waals surface area contributed by atoms with Crippen molar-refractivity contribution in [2.75, 3.05) is 20.6 Å². The lowest BCUT2D eigenvalue weighted by atomic mass is 10.1. The summed E-state index contributed by atoms with van der Waals surface area (Å²) in [6, 6.07) is 19.9. The zero-order chi connectivity index (χ0) is 19.5. The molecule has 4 rings (SSSR count). The van der Waals surface area contributed by atoms with Crippen molar-refractivity contribution in [1.82, 2.24) is 19.8 Å². The van der Waals surface area contributed by atoms with E-state index in [2.05, 4.69) is 26.6 Å². The lowest BCUT2D eigenvalue weighted by Gasteiger charge is -2.23. The largest absolute Gasteiger partial charge is 0.350 e. The molecule has 142 valence electrons. The van der Waals surface area contributed by atoms with Crippen LogP contribution in [-0.2, 0) is 0 Å². The van der Waals surface area contributed by atoms with Crippen molar-refractivity contribution in [2.45, 2.75) is 6.04 Å². The fraction of sp³-hybridized carbons (Fsp3) is 0.182. The minimum atomic E-state index is -0.0644. The highest BCUT2D eigenvalue weighted by Gasteiger charge is 2.17. The number of para-hydroxylation sites is 2. The second-order valence-electron chi connectivity index (χ2n) is 6.86. The van der Waals surface area contributed by atoms with Crippen LogP contribution in [-0.4, -0.2) is 41.0 Å². The van der Waals surface area contributed by atoms with Gasteiger partial charge in [0.05, 0.1) is 17.1 Å². The van der Waals surface area contributed by atoms with E-state index < -0.39 is 0 Å². The molecule has 0 spiro atoms. The molecule has 0 fully saturated rings. The Hall–Kier alpha value is -2.96. The van der Waals surface area contributed by atoms with Gasteiger partial charge in [-0.2, -0.15) is 0 Å². The number of carbonyl (C=O) groups excluding carboxylic acids is 1. The van der Waals surface area contributed by atoms with E-state index >= 15 is 0 Å². The molecule has 0 bridgehead atoms. The van der Waals surface area contributed by atoms with E-state index in [4.69, 9.17) is 0 Å². The van der Waals surface area contributed by atoms with Gasteiger partial charge in [-0.3, -0.25) is 9.36 Å². The van der Waals surface area contributed by atoms with Crippen molar-refractivity contribution in [1.29, 1.82) is 0 Å². The van der Waals surface area contributed by atoms with Crippen LogP contribution >= 0.6 is 11.3 Å². The zero-order valence-electron chi connectivity index (χ0n) is 15.9. The summed E-state index contributed by atoms with van der Waals surface area (Å²) in [5, 5.41) is 5.12. The highest BCUT2D eigenvalue weighted by molar-refractivity contribution is 7.10. The predicted octanol–water partition coefficient (Wildman–Crippen LogP) is 4.12. The minimum Gasteiger partial charge on any atom is -0.350 e. The highest BCUT2D eigenvalue weighted by Crippen LogP contribution is 2.22. The number of thiophene rings is 1. The van der Waals surface area contributed by atoms with Gasteiger partial charge in [-0.1, -0.05) is 18.2 Å². The monoisotopic (exact) mass is 390 g/mol. The molecule has 0 aliphatic heterocycles. The third-order valence-electron chi connectivity index (χ3n) is 4.81. The zero-order valence-corrected chi connectivity index (χ0v) is 16.7. The second kappa shape index (κ2) is 7.96. The fourth-order valence-electron chi connectivity index (χ4n) is 3.25. The normalized spacial score (nSPS) is 12.4. The van der Waals surface area contributed by atoms with Crippen LogP contribution in [0.15, 0.2) is 72.4 Å². The molecular weight excluding hydrogens is 368 g/mol. The molecule has 1 atom stereocenters. The molecule has 2 heterocycles. The summed E-state index contributed by atoms with van der Waals surface area (Å²) in [6.07, 6.45) is 1.81. The van der Waals surface area contributed by atoms with Gasteiger partial charge in [0.1, 0.15) is 6.33 Å². The Morgan fingerprint density at radius 3 is 2.61 bits per heavy atom. The van der Waals surface area contributed by atoms with Crippen LogP contribution in [0.1, 0.15) is 21.3 Å². The van der Waals surface area contributed by atoms with Crippen LogP contribution in [0.3, 0.4) is 0 Å². The average Bonchev–Trinajstić information content (AvgIpc) is 3.38. The maximum absolute atomic E-state index is 12.6. The maximum atomic E-state index is 12.6. The third-order valence-corrected chi connectivity index (χ3v) is 5.79. The van der Waals surface area contributed by atoms with E-state index in [1.54, 1.807) is 11.3 Å². The number of carbonyl (C=O) groups is 1. The van der Waals surface area contributed by atoms with Gasteiger partial charge in [0.15, 0.2) is 0 Å². The van der Waals surface area contributed by atoms with Gasteiger partial charge in [-0.25, -0.2) is 4.98 Å². The predicted molar refractivity (Wildman–Crippen MR) is 114 cm³/mol. The number of fused-ring (bicyclic) bond motifs is 1. The van der Waals surface area contributed by atoms with Crippen LogP contribution in [0, 0.1) is 0 Å². The molecule has 0 saturated carbocycles. The van der Waals surface area contributed by atoms with Gasteiger partial charge < -0.3 is 10.2 Å². The number of rotatable bonds is 6. The van der Waals surface area contributed by atoms with Gasteiger partial charge in [0.25, 0.3) is 5.91 Å². The highest BCUT2D eigenvalue weighted by atomic mass is 32.1. The van der Waals surface area contributed by atoms with Crippen LogP contribution < -0.4 is 5.32 Å². The first kappa shape index (κ1) is 18.4. The van der Waals surface area contributed by atoms with Crippen molar-refractivity contribution in [3.05, 3.63) is 82.8 Å². The standard InChI is InChI=1S/C22H22N4OS/c1-25(2)20(21-8-5-13-28-21)14-23-22(27)16-9-11-17(12-10-16)26-15-24-18-6-3-4-7-19(18)26/h3-13,15,20H,14H2,1-2H3,(H,23,27). The van der Waals surface area contributed by atoms with Crippen molar-refractivity contribution in [3.8, 4) is 5.69 Å². The first-order valence-corrected chi connectivity index (χ1v) is 10.0. The molecule has 5 nitrogen and oxygen atoms in total. The van der Waals surface area contributed by atoms with E-state index in [0.29, 0.717) is 12.1 Å². The second-order valence-corrected chi connectivity index (χ2v) is 7.83. The molecule has 0 saturated heterocycles. The van der Waals surface area contributed by atoms with Crippen molar-refractivity contribution in [2.24, 2.45) is 0 Å². The molecule has 1 amide bonds. The average molecular weight is 391 g/mol. The maximum Gasteiger partial charge on any atom is 0.251 e. The van der Waals surface area contributed by atoms with Crippen molar-refractivity contribution >= 4 is 28.3 Å². The van der Waals surface area contributed by atoms with Gasteiger partial charge in [0, 0.05) is 22.7 Å². The number of aromatic nitrogens is 2. The molecule has 4 aromatic rings. The molecule has 1 unspecified atom stereocenters. The summed E-state index contributed by atoms with van der Waals surface area (Å²) in [5.41, 5.74) is 3.63. The van der Waals surface area contributed by atoms with Crippen LogP contribution in [0.25, 0.3) is 16.7 Å². The number of amides is 1. The van der Waals surface area contributed by atoms with Gasteiger partial charge in [-0.15, -0.1) is 11.3 Å². The number of likely N-dealkylation sites (N-methyl/N-ethyl adjacent to an activating group) is 1. The number of imidazole rings is 1. The lowest BCUT2D eigenvalue weighted by Crippen LogP contribution is -2.34. The summed E-state index contributed by atoms with van der Waals surface area (Å²) in [4.78, 5) is 20.4. The molecule has 0 aliphatic rings. The van der Waals surface area contributed by atoms with Crippen LogP contribution in [0.5, 0.6) is 0 Å². The van der Waals surface area contributed by atoms with E-state index in [9.17, 15) is 4.79 Å². The number of hydrogen-bond acceptors (Lipinski definition) is 4. The van der Waals surface area contributed by atoms with E-state index in [0.717, 1.165) is 16.7 Å². The SMILES string of the molecule is CN(C)C(CNC(=O)c1ccc(-n2cnc3ccccc32)cc1)c1cccs1. The molecule has 1 N–H and O–H groups in total. The Balaban J connectivity index is 1.47. The first-order valence-electron chi connectivity index (χ1n) is 9.14.